The van der Waals surface area contributed by atoms with Crippen LogP contribution in [0.4, 0.5) is 8.78 Å². The summed E-state index contributed by atoms with van der Waals surface area (Å²) >= 11 is 11.4. The second-order valence-electron chi connectivity index (χ2n) is 2.97. The molecule has 0 aliphatic carbocycles. The van der Waals surface area contributed by atoms with E-state index < -0.39 is 18.9 Å². The number of alkyl halides is 2. The van der Waals surface area contributed by atoms with Crippen molar-refractivity contribution in [2.45, 2.75) is 12.3 Å². The Hall–Kier alpha value is -0.380. The quantitative estimate of drug-likeness (QED) is 0.862. The normalized spacial score (nSPS) is 11.8. The highest BCUT2D eigenvalue weighted by Gasteiger charge is 2.28. The van der Waals surface area contributed by atoms with Gasteiger partial charge in [0, 0.05) is 16.5 Å². The molecule has 2 N–H and O–H groups in total. The third kappa shape index (κ3) is 3.08. The third-order valence-corrected chi connectivity index (χ3v) is 2.36. The summed E-state index contributed by atoms with van der Waals surface area (Å²) in [5, 5.41) is 0.666. The molecule has 1 nitrogen and oxygen atoms in total. The summed E-state index contributed by atoms with van der Waals surface area (Å²) in [6.07, 6.45) is -0.483. The molecule has 0 fully saturated rings. The van der Waals surface area contributed by atoms with Crippen molar-refractivity contribution in [1.29, 1.82) is 0 Å². The van der Waals surface area contributed by atoms with Gasteiger partial charge in [-0.15, -0.1) is 0 Å². The zero-order valence-corrected chi connectivity index (χ0v) is 8.75. The van der Waals surface area contributed by atoms with E-state index in [1.165, 1.54) is 12.1 Å². The maximum Gasteiger partial charge on any atom is 0.264 e. The Labute approximate surface area is 90.8 Å². The number of nitrogens with two attached hydrogens (primary N) is 1. The number of hydrogen-bond donors (Lipinski definition) is 1. The molecule has 0 amide bonds. The second-order valence-corrected chi connectivity index (χ2v) is 3.82. The monoisotopic (exact) mass is 239 g/mol. The van der Waals surface area contributed by atoms with Crippen molar-refractivity contribution in [1.82, 2.24) is 0 Å². The molecule has 0 saturated carbocycles. The molecule has 0 atom stereocenters. The van der Waals surface area contributed by atoms with Gasteiger partial charge in [-0.05, 0) is 23.8 Å². The van der Waals surface area contributed by atoms with Crippen molar-refractivity contribution >= 4 is 23.2 Å². The van der Waals surface area contributed by atoms with Gasteiger partial charge in [-0.25, -0.2) is 8.78 Å². The largest absolute Gasteiger partial charge is 0.325 e. The molecule has 0 radical (unpaired) electrons. The molecule has 1 rings (SSSR count). The van der Waals surface area contributed by atoms with E-state index in [2.05, 4.69) is 0 Å². The summed E-state index contributed by atoms with van der Waals surface area (Å²) in [4.78, 5) is 0. The van der Waals surface area contributed by atoms with Gasteiger partial charge in [-0.3, -0.25) is 0 Å². The molecular weight excluding hydrogens is 231 g/mol. The Bertz CT molecular complexity index is 329. The fourth-order valence-corrected chi connectivity index (χ4v) is 1.41. The van der Waals surface area contributed by atoms with Gasteiger partial charge in [-0.1, -0.05) is 23.2 Å². The van der Waals surface area contributed by atoms with Crippen LogP contribution < -0.4 is 5.73 Å². The van der Waals surface area contributed by atoms with E-state index in [0.29, 0.717) is 10.6 Å². The Morgan fingerprint density at radius 3 is 2.50 bits per heavy atom. The highest BCUT2D eigenvalue weighted by Crippen LogP contribution is 2.26. The molecule has 14 heavy (non-hydrogen) atoms. The first-order valence-corrected chi connectivity index (χ1v) is 4.72. The van der Waals surface area contributed by atoms with Crippen molar-refractivity contribution in [3.05, 3.63) is 33.8 Å². The van der Waals surface area contributed by atoms with Gasteiger partial charge in [0.1, 0.15) is 0 Å². The average molecular weight is 240 g/mol. The van der Waals surface area contributed by atoms with E-state index in [-0.39, 0.29) is 5.02 Å². The van der Waals surface area contributed by atoms with Crippen LogP contribution in [-0.2, 0) is 6.42 Å². The molecular formula is C9H9Cl2F2N. The van der Waals surface area contributed by atoms with E-state index in [1.54, 1.807) is 6.07 Å². The molecule has 78 valence electrons. The standard InChI is InChI=1S/C9H9Cl2F2N/c10-7-1-2-8(11)6(3-7)4-9(12,13)5-14/h1-3H,4-5,14H2. The minimum atomic E-state index is -2.94. The van der Waals surface area contributed by atoms with E-state index >= 15 is 0 Å². The SMILES string of the molecule is NCC(F)(F)Cc1cc(Cl)ccc1Cl. The summed E-state index contributed by atoms with van der Waals surface area (Å²) in [6.45, 7) is -0.699. The van der Waals surface area contributed by atoms with Crippen molar-refractivity contribution in [3.63, 3.8) is 0 Å². The van der Waals surface area contributed by atoms with Gasteiger partial charge in [0.25, 0.3) is 5.92 Å². The van der Waals surface area contributed by atoms with Crippen LogP contribution in [0, 0.1) is 0 Å². The van der Waals surface area contributed by atoms with Gasteiger partial charge in [0.05, 0.1) is 6.54 Å². The lowest BCUT2D eigenvalue weighted by atomic mass is 10.1. The Morgan fingerprint density at radius 1 is 1.29 bits per heavy atom. The summed E-state index contributed by atoms with van der Waals surface area (Å²) in [5.74, 6) is -2.94. The summed E-state index contributed by atoms with van der Waals surface area (Å²) < 4.78 is 25.8. The Kier molecular flexibility index (Phi) is 3.70. The molecule has 0 aromatic heterocycles. The lowest BCUT2D eigenvalue weighted by molar-refractivity contribution is 0.0115. The molecule has 1 aromatic carbocycles. The topological polar surface area (TPSA) is 26.0 Å². The first kappa shape index (κ1) is 11.7. The fourth-order valence-electron chi connectivity index (χ4n) is 1.03. The summed E-state index contributed by atoms with van der Waals surface area (Å²) in [6, 6.07) is 4.47. The van der Waals surface area contributed by atoms with E-state index in [1.807, 2.05) is 0 Å². The van der Waals surface area contributed by atoms with Gasteiger partial charge in [0.2, 0.25) is 0 Å². The van der Waals surface area contributed by atoms with Crippen LogP contribution in [0.3, 0.4) is 0 Å². The van der Waals surface area contributed by atoms with Crippen molar-refractivity contribution < 1.29 is 8.78 Å². The van der Waals surface area contributed by atoms with Crippen LogP contribution in [0.2, 0.25) is 10.0 Å². The molecule has 0 bridgehead atoms. The highest BCUT2D eigenvalue weighted by atomic mass is 35.5. The van der Waals surface area contributed by atoms with Crippen LogP contribution in [0.1, 0.15) is 5.56 Å². The van der Waals surface area contributed by atoms with Crippen LogP contribution in [0.15, 0.2) is 18.2 Å². The Balaban J connectivity index is 2.91. The first-order chi connectivity index (χ1) is 6.44. The number of benzene rings is 1. The van der Waals surface area contributed by atoms with Gasteiger partial charge in [-0.2, -0.15) is 0 Å². The maximum atomic E-state index is 12.9. The van der Waals surface area contributed by atoms with E-state index in [9.17, 15) is 8.78 Å². The maximum absolute atomic E-state index is 12.9. The third-order valence-electron chi connectivity index (χ3n) is 1.76. The van der Waals surface area contributed by atoms with Crippen LogP contribution in [0.25, 0.3) is 0 Å². The molecule has 0 aliphatic heterocycles. The van der Waals surface area contributed by atoms with Crippen LogP contribution in [0.5, 0.6) is 0 Å². The zero-order chi connectivity index (χ0) is 10.8. The van der Waals surface area contributed by atoms with Crippen molar-refractivity contribution in [3.8, 4) is 0 Å². The Morgan fingerprint density at radius 2 is 1.93 bits per heavy atom. The van der Waals surface area contributed by atoms with Crippen LogP contribution >= 0.6 is 23.2 Å². The lowest BCUT2D eigenvalue weighted by Crippen LogP contribution is -2.30. The molecule has 0 saturated heterocycles. The average Bonchev–Trinajstić information content (AvgIpc) is 2.11. The molecule has 0 unspecified atom stereocenters. The van der Waals surface area contributed by atoms with Gasteiger partial charge < -0.3 is 5.73 Å². The van der Waals surface area contributed by atoms with Gasteiger partial charge in [0.15, 0.2) is 0 Å². The zero-order valence-electron chi connectivity index (χ0n) is 7.24. The highest BCUT2D eigenvalue weighted by molar-refractivity contribution is 6.33. The minimum absolute atomic E-state index is 0.280. The molecule has 0 heterocycles. The molecule has 0 spiro atoms. The van der Waals surface area contributed by atoms with Crippen LogP contribution in [-0.4, -0.2) is 12.5 Å². The van der Waals surface area contributed by atoms with Crippen molar-refractivity contribution in [2.75, 3.05) is 6.54 Å². The van der Waals surface area contributed by atoms with Crippen molar-refractivity contribution in [2.24, 2.45) is 5.73 Å². The molecule has 1 aromatic rings. The van der Waals surface area contributed by atoms with E-state index in [0.717, 1.165) is 0 Å². The smallest absolute Gasteiger partial charge is 0.264 e. The van der Waals surface area contributed by atoms with E-state index in [4.69, 9.17) is 28.9 Å². The molecule has 0 aliphatic rings. The number of hydrogen-bond acceptors (Lipinski definition) is 1. The minimum Gasteiger partial charge on any atom is -0.325 e. The summed E-state index contributed by atoms with van der Waals surface area (Å²) in [5.41, 5.74) is 5.23. The summed E-state index contributed by atoms with van der Waals surface area (Å²) in [7, 11) is 0. The van der Waals surface area contributed by atoms with Gasteiger partial charge >= 0.3 is 0 Å². The number of halogens is 4. The fraction of sp³-hybridized carbons (Fsp3) is 0.333. The predicted octanol–water partition coefficient (Wildman–Crippen LogP) is 3.13. The first-order valence-electron chi connectivity index (χ1n) is 3.96. The predicted molar refractivity (Wildman–Crippen MR) is 54.2 cm³/mol. The lowest BCUT2D eigenvalue weighted by Gasteiger charge is -2.14. The second kappa shape index (κ2) is 4.43. The molecule has 5 heteroatoms. The number of rotatable bonds is 3.